The summed E-state index contributed by atoms with van der Waals surface area (Å²) in [5.74, 6) is 1.52. The number of hydrogen-bond acceptors (Lipinski definition) is 0. The van der Waals surface area contributed by atoms with Crippen LogP contribution in [0.1, 0.15) is 56.7 Å². The molecule has 0 saturated carbocycles. The van der Waals surface area contributed by atoms with Crippen molar-refractivity contribution in [2.24, 2.45) is 5.92 Å². The highest BCUT2D eigenvalue weighted by molar-refractivity contribution is 5.41. The molecule has 0 heterocycles. The Bertz CT molecular complexity index is 374. The van der Waals surface area contributed by atoms with Crippen LogP contribution in [0.5, 0.6) is 0 Å². The van der Waals surface area contributed by atoms with Gasteiger partial charge in [-0.05, 0) is 41.7 Å². The maximum absolute atomic E-state index is 2.39. The van der Waals surface area contributed by atoms with Crippen molar-refractivity contribution in [2.75, 3.05) is 0 Å². The quantitative estimate of drug-likeness (QED) is 0.584. The number of hydrogen-bond donors (Lipinski definition) is 0. The third-order valence-electron chi connectivity index (χ3n) is 4.11. The van der Waals surface area contributed by atoms with Crippen LogP contribution in [0.3, 0.4) is 0 Å². The van der Waals surface area contributed by atoms with E-state index in [4.69, 9.17) is 0 Å². The van der Waals surface area contributed by atoms with Crippen LogP contribution in [-0.4, -0.2) is 0 Å². The van der Waals surface area contributed by atoms with Crippen LogP contribution in [-0.2, 0) is 5.41 Å². The number of aryl methyl sites for hydroxylation is 1. The molecule has 15 heavy (non-hydrogen) atoms. The first-order chi connectivity index (χ1) is 6.92. The molecule has 0 aliphatic heterocycles. The Hall–Kier alpha value is -0.780. The number of rotatable bonds is 0. The molecule has 0 aromatic heterocycles. The molecule has 82 valence electrons. The lowest BCUT2D eigenvalue weighted by atomic mass is 9.64. The Morgan fingerprint density at radius 2 is 1.87 bits per heavy atom. The molecule has 0 nitrogen and oxygen atoms in total. The van der Waals surface area contributed by atoms with Gasteiger partial charge in [0.15, 0.2) is 0 Å². The summed E-state index contributed by atoms with van der Waals surface area (Å²) in [6.07, 6.45) is 1.31. The minimum absolute atomic E-state index is 0.356. The van der Waals surface area contributed by atoms with Gasteiger partial charge in [0.1, 0.15) is 0 Å². The van der Waals surface area contributed by atoms with E-state index in [2.05, 4.69) is 52.8 Å². The van der Waals surface area contributed by atoms with Crippen molar-refractivity contribution in [1.29, 1.82) is 0 Å². The molecule has 0 fully saturated rings. The van der Waals surface area contributed by atoms with Crippen LogP contribution in [0.15, 0.2) is 18.2 Å². The van der Waals surface area contributed by atoms with Gasteiger partial charge in [-0.25, -0.2) is 0 Å². The van der Waals surface area contributed by atoms with Crippen molar-refractivity contribution in [2.45, 2.75) is 52.4 Å². The normalized spacial score (nSPS) is 28.6. The molecule has 1 aliphatic rings. The molecule has 0 N–H and O–H groups in total. The summed E-state index contributed by atoms with van der Waals surface area (Å²) in [7, 11) is 0. The van der Waals surface area contributed by atoms with Crippen LogP contribution < -0.4 is 0 Å². The first-order valence-corrected chi connectivity index (χ1v) is 6.03. The largest absolute Gasteiger partial charge is 0.0619 e. The van der Waals surface area contributed by atoms with Crippen molar-refractivity contribution in [3.8, 4) is 0 Å². The summed E-state index contributed by atoms with van der Waals surface area (Å²) < 4.78 is 0. The molecule has 0 spiro atoms. The van der Waals surface area contributed by atoms with Crippen LogP contribution in [0.4, 0.5) is 0 Å². The van der Waals surface area contributed by atoms with Crippen molar-refractivity contribution < 1.29 is 0 Å². The minimum Gasteiger partial charge on any atom is -0.0619 e. The Morgan fingerprint density at radius 3 is 2.53 bits per heavy atom. The predicted octanol–water partition coefficient (Wildman–Crippen LogP) is 4.42. The molecule has 0 radical (unpaired) electrons. The fourth-order valence-electron chi connectivity index (χ4n) is 3.07. The van der Waals surface area contributed by atoms with E-state index in [0.717, 1.165) is 5.92 Å². The van der Waals surface area contributed by atoms with Gasteiger partial charge in [-0.15, -0.1) is 0 Å². The second-order valence-corrected chi connectivity index (χ2v) is 5.94. The van der Waals surface area contributed by atoms with Gasteiger partial charge < -0.3 is 0 Å². The third-order valence-corrected chi connectivity index (χ3v) is 4.11. The Labute approximate surface area is 93.7 Å². The van der Waals surface area contributed by atoms with E-state index in [1.807, 2.05) is 0 Å². The average molecular weight is 202 g/mol. The van der Waals surface area contributed by atoms with E-state index in [0.29, 0.717) is 11.3 Å². The first-order valence-electron chi connectivity index (χ1n) is 6.03. The van der Waals surface area contributed by atoms with Crippen molar-refractivity contribution >= 4 is 0 Å². The van der Waals surface area contributed by atoms with Crippen LogP contribution >= 0.6 is 0 Å². The lowest BCUT2D eigenvalue weighted by Crippen LogP contribution is -2.30. The van der Waals surface area contributed by atoms with Gasteiger partial charge in [0.2, 0.25) is 0 Å². The van der Waals surface area contributed by atoms with Crippen molar-refractivity contribution in [1.82, 2.24) is 0 Å². The Morgan fingerprint density at radius 1 is 1.20 bits per heavy atom. The molecule has 2 atom stereocenters. The van der Waals surface area contributed by atoms with Gasteiger partial charge in [-0.1, -0.05) is 51.5 Å². The van der Waals surface area contributed by atoms with E-state index in [1.165, 1.54) is 12.0 Å². The SMILES string of the molecule is Cc1ccc2c(c1)[C@H](C)[C@H](C)CC2(C)C. The molecule has 1 aliphatic carbocycles. The summed E-state index contributed by atoms with van der Waals surface area (Å²) in [5.41, 5.74) is 4.90. The summed E-state index contributed by atoms with van der Waals surface area (Å²) in [6.45, 7) is 11.7. The maximum atomic E-state index is 2.39. The van der Waals surface area contributed by atoms with Gasteiger partial charge in [-0.3, -0.25) is 0 Å². The lowest BCUT2D eigenvalue weighted by Gasteiger charge is -2.40. The Kier molecular flexibility index (Phi) is 2.41. The molecule has 0 amide bonds. The Balaban J connectivity index is 2.59. The molecular formula is C15H22. The van der Waals surface area contributed by atoms with Gasteiger partial charge in [0.25, 0.3) is 0 Å². The molecule has 1 aromatic carbocycles. The summed E-state index contributed by atoms with van der Waals surface area (Å²) in [5, 5.41) is 0. The second kappa shape index (κ2) is 3.37. The molecule has 0 unspecified atom stereocenters. The first kappa shape index (κ1) is 10.7. The smallest absolute Gasteiger partial charge is 0.00980 e. The highest BCUT2D eigenvalue weighted by Gasteiger charge is 2.34. The molecule has 0 heteroatoms. The zero-order chi connectivity index (χ0) is 11.2. The van der Waals surface area contributed by atoms with E-state index in [-0.39, 0.29) is 0 Å². The third kappa shape index (κ3) is 1.71. The minimum atomic E-state index is 0.356. The monoisotopic (exact) mass is 202 g/mol. The van der Waals surface area contributed by atoms with Crippen LogP contribution in [0, 0.1) is 12.8 Å². The summed E-state index contributed by atoms with van der Waals surface area (Å²) >= 11 is 0. The topological polar surface area (TPSA) is 0 Å². The van der Waals surface area contributed by atoms with Gasteiger partial charge in [0.05, 0.1) is 0 Å². The van der Waals surface area contributed by atoms with Crippen molar-refractivity contribution in [3.63, 3.8) is 0 Å². The second-order valence-electron chi connectivity index (χ2n) is 5.94. The fourth-order valence-corrected chi connectivity index (χ4v) is 3.07. The highest BCUT2D eigenvalue weighted by atomic mass is 14.4. The van der Waals surface area contributed by atoms with Gasteiger partial charge in [0, 0.05) is 0 Å². The molecular weight excluding hydrogens is 180 g/mol. The van der Waals surface area contributed by atoms with Gasteiger partial charge in [-0.2, -0.15) is 0 Å². The maximum Gasteiger partial charge on any atom is -0.00980 e. The van der Waals surface area contributed by atoms with Crippen molar-refractivity contribution in [3.05, 3.63) is 34.9 Å². The van der Waals surface area contributed by atoms with Crippen LogP contribution in [0.25, 0.3) is 0 Å². The fraction of sp³-hybridized carbons (Fsp3) is 0.600. The molecule has 0 saturated heterocycles. The summed E-state index contributed by atoms with van der Waals surface area (Å²) in [4.78, 5) is 0. The standard InChI is InChI=1S/C15H22/c1-10-6-7-14-13(8-10)12(3)11(2)9-15(14,4)5/h6-8,11-12H,9H2,1-5H3/t11-,12-/m1/s1. The average Bonchev–Trinajstić information content (AvgIpc) is 2.13. The summed E-state index contributed by atoms with van der Waals surface area (Å²) in [6, 6.07) is 6.98. The lowest BCUT2D eigenvalue weighted by molar-refractivity contribution is 0.310. The van der Waals surface area contributed by atoms with Gasteiger partial charge >= 0.3 is 0 Å². The number of fused-ring (bicyclic) bond motifs is 1. The highest BCUT2D eigenvalue weighted by Crippen LogP contribution is 2.45. The molecule has 1 aromatic rings. The zero-order valence-electron chi connectivity index (χ0n) is 10.6. The van der Waals surface area contributed by atoms with E-state index in [1.54, 1.807) is 11.1 Å². The predicted molar refractivity (Wildman–Crippen MR) is 66.4 cm³/mol. The molecule has 2 rings (SSSR count). The van der Waals surface area contributed by atoms with E-state index in [9.17, 15) is 0 Å². The van der Waals surface area contributed by atoms with E-state index < -0.39 is 0 Å². The molecule has 0 bridgehead atoms. The zero-order valence-corrected chi connectivity index (χ0v) is 10.6. The number of benzene rings is 1. The van der Waals surface area contributed by atoms with E-state index >= 15 is 0 Å². The van der Waals surface area contributed by atoms with Crippen LogP contribution in [0.2, 0.25) is 0 Å².